The van der Waals surface area contributed by atoms with Gasteiger partial charge in [-0.2, -0.15) is 16.7 Å². The smallest absolute Gasteiger partial charge is 0.237 e. The normalized spacial score (nSPS) is 15.2. The number of methoxy groups -OCH3 is 1. The molecule has 1 saturated heterocycles. The molecule has 0 spiro atoms. The maximum absolute atomic E-state index is 6.00. The molecule has 1 aliphatic heterocycles. The van der Waals surface area contributed by atoms with Gasteiger partial charge in [-0.05, 0) is 36.5 Å². The number of pyridine rings is 1. The van der Waals surface area contributed by atoms with Gasteiger partial charge in [0, 0.05) is 12.2 Å². The number of nitrogens with one attached hydrogen (secondary N) is 2. The Kier molecular flexibility index (Phi) is 5.02. The van der Waals surface area contributed by atoms with Crippen LogP contribution in [0.1, 0.15) is 12.8 Å². The molecule has 0 amide bonds. The highest BCUT2D eigenvalue weighted by Gasteiger charge is 2.16. The lowest BCUT2D eigenvalue weighted by Crippen LogP contribution is -2.25. The maximum Gasteiger partial charge on any atom is 0.237 e. The summed E-state index contributed by atoms with van der Waals surface area (Å²) >= 11 is 1.99. The standard InChI is InChI=1S/C15H20N6OS/c1-22-14-12(3-2-6-17-14)20-15-18-9-11(16)13(21-15)19-10-4-7-23-8-5-10/h2-3,6,9-10H,4-5,7-8,16H2,1H3,(H2,18,19,20,21). The van der Waals surface area contributed by atoms with Crippen LogP contribution < -0.4 is 21.1 Å². The van der Waals surface area contributed by atoms with Crippen molar-refractivity contribution in [2.45, 2.75) is 18.9 Å². The molecule has 0 saturated carbocycles. The van der Waals surface area contributed by atoms with Gasteiger partial charge < -0.3 is 21.1 Å². The molecule has 7 nitrogen and oxygen atoms in total. The fraction of sp³-hybridized carbons (Fsp3) is 0.400. The highest BCUT2D eigenvalue weighted by atomic mass is 32.2. The fourth-order valence-electron chi connectivity index (χ4n) is 2.37. The van der Waals surface area contributed by atoms with E-state index in [0.29, 0.717) is 35.1 Å². The zero-order valence-corrected chi connectivity index (χ0v) is 13.8. The van der Waals surface area contributed by atoms with Crippen LogP contribution in [0.15, 0.2) is 24.5 Å². The Morgan fingerprint density at radius 2 is 2.13 bits per heavy atom. The lowest BCUT2D eigenvalue weighted by atomic mass is 10.1. The highest BCUT2D eigenvalue weighted by Crippen LogP contribution is 2.26. The third kappa shape index (κ3) is 3.95. The number of nitrogen functional groups attached to an aromatic ring is 1. The largest absolute Gasteiger partial charge is 0.480 e. The molecule has 0 radical (unpaired) electrons. The molecular formula is C15H20N6OS. The van der Waals surface area contributed by atoms with Crippen molar-refractivity contribution >= 4 is 34.9 Å². The predicted octanol–water partition coefficient (Wildman–Crippen LogP) is 2.51. The molecule has 23 heavy (non-hydrogen) atoms. The second kappa shape index (κ2) is 7.36. The highest BCUT2D eigenvalue weighted by molar-refractivity contribution is 7.99. The number of aromatic nitrogens is 3. The number of nitrogens with zero attached hydrogens (tertiary/aromatic N) is 3. The van der Waals surface area contributed by atoms with Gasteiger partial charge in [0.25, 0.3) is 0 Å². The molecule has 0 atom stereocenters. The summed E-state index contributed by atoms with van der Waals surface area (Å²) in [6, 6.07) is 4.09. The Hall–Kier alpha value is -2.22. The molecule has 3 heterocycles. The lowest BCUT2D eigenvalue weighted by molar-refractivity contribution is 0.400. The first-order valence-corrected chi connectivity index (χ1v) is 8.64. The predicted molar refractivity (Wildman–Crippen MR) is 94.5 cm³/mol. The van der Waals surface area contributed by atoms with E-state index in [4.69, 9.17) is 10.5 Å². The first-order chi connectivity index (χ1) is 11.3. The van der Waals surface area contributed by atoms with Crippen molar-refractivity contribution in [2.24, 2.45) is 0 Å². The first-order valence-electron chi connectivity index (χ1n) is 7.49. The van der Waals surface area contributed by atoms with Crippen LogP contribution in [0.3, 0.4) is 0 Å². The van der Waals surface area contributed by atoms with E-state index < -0.39 is 0 Å². The minimum Gasteiger partial charge on any atom is -0.480 e. The van der Waals surface area contributed by atoms with Crippen LogP contribution in [-0.2, 0) is 0 Å². The van der Waals surface area contributed by atoms with Crippen LogP contribution in [0.5, 0.6) is 5.88 Å². The second-order valence-corrected chi connectivity index (χ2v) is 6.44. The number of thioether (sulfide) groups is 1. The Balaban J connectivity index is 1.76. The van der Waals surface area contributed by atoms with Gasteiger partial charge in [0.2, 0.25) is 11.8 Å². The summed E-state index contributed by atoms with van der Waals surface area (Å²) in [6.45, 7) is 0. The molecule has 1 fully saturated rings. The lowest BCUT2D eigenvalue weighted by Gasteiger charge is -2.23. The molecule has 0 bridgehead atoms. The van der Waals surface area contributed by atoms with Crippen LogP contribution in [0, 0.1) is 0 Å². The number of rotatable bonds is 5. The monoisotopic (exact) mass is 332 g/mol. The van der Waals surface area contributed by atoms with E-state index in [1.54, 1.807) is 19.5 Å². The van der Waals surface area contributed by atoms with E-state index in [1.165, 1.54) is 11.5 Å². The number of hydrogen-bond donors (Lipinski definition) is 3. The summed E-state index contributed by atoms with van der Waals surface area (Å²) in [5, 5.41) is 6.55. The molecule has 2 aromatic heterocycles. The van der Waals surface area contributed by atoms with Crippen LogP contribution in [0.2, 0.25) is 0 Å². The van der Waals surface area contributed by atoms with Crippen molar-refractivity contribution in [3.63, 3.8) is 0 Å². The third-order valence-electron chi connectivity index (χ3n) is 3.59. The molecule has 3 rings (SSSR count). The number of ether oxygens (including phenoxy) is 1. The number of nitrogens with two attached hydrogens (primary N) is 1. The summed E-state index contributed by atoms with van der Waals surface area (Å²) in [4.78, 5) is 12.9. The van der Waals surface area contributed by atoms with Crippen molar-refractivity contribution in [1.82, 2.24) is 15.0 Å². The van der Waals surface area contributed by atoms with Crippen LogP contribution in [0.4, 0.5) is 23.1 Å². The topological polar surface area (TPSA) is 98.0 Å². The van der Waals surface area contributed by atoms with Crippen molar-refractivity contribution in [3.8, 4) is 5.88 Å². The Labute approximate surface area is 139 Å². The molecular weight excluding hydrogens is 312 g/mol. The van der Waals surface area contributed by atoms with Gasteiger partial charge in [-0.15, -0.1) is 0 Å². The molecule has 0 unspecified atom stereocenters. The van der Waals surface area contributed by atoms with Gasteiger partial charge in [0.1, 0.15) is 5.69 Å². The van der Waals surface area contributed by atoms with Gasteiger partial charge in [-0.3, -0.25) is 0 Å². The maximum atomic E-state index is 6.00. The van der Waals surface area contributed by atoms with E-state index in [9.17, 15) is 0 Å². The van der Waals surface area contributed by atoms with Gasteiger partial charge in [0.05, 0.1) is 19.0 Å². The molecule has 1 aliphatic rings. The van der Waals surface area contributed by atoms with E-state index in [-0.39, 0.29) is 0 Å². The van der Waals surface area contributed by atoms with Crippen LogP contribution >= 0.6 is 11.8 Å². The average molecular weight is 332 g/mol. The van der Waals surface area contributed by atoms with Crippen molar-refractivity contribution in [1.29, 1.82) is 0 Å². The van der Waals surface area contributed by atoms with Crippen molar-refractivity contribution in [2.75, 3.05) is 35.0 Å². The van der Waals surface area contributed by atoms with Crippen molar-refractivity contribution < 1.29 is 4.74 Å². The summed E-state index contributed by atoms with van der Waals surface area (Å²) in [5.74, 6) is 3.95. The van der Waals surface area contributed by atoms with Crippen LogP contribution in [0.25, 0.3) is 0 Å². The minimum atomic E-state index is 0.411. The minimum absolute atomic E-state index is 0.411. The van der Waals surface area contributed by atoms with E-state index in [2.05, 4.69) is 25.6 Å². The van der Waals surface area contributed by atoms with Gasteiger partial charge in [0.15, 0.2) is 5.82 Å². The van der Waals surface area contributed by atoms with Gasteiger partial charge in [-0.1, -0.05) is 0 Å². The van der Waals surface area contributed by atoms with E-state index in [0.717, 1.165) is 12.8 Å². The van der Waals surface area contributed by atoms with E-state index >= 15 is 0 Å². The summed E-state index contributed by atoms with van der Waals surface area (Å²) in [6.07, 6.45) is 5.51. The summed E-state index contributed by atoms with van der Waals surface area (Å²) < 4.78 is 5.22. The second-order valence-electron chi connectivity index (χ2n) is 5.21. The molecule has 122 valence electrons. The fourth-order valence-corrected chi connectivity index (χ4v) is 3.48. The van der Waals surface area contributed by atoms with E-state index in [1.807, 2.05) is 23.9 Å². The Bertz CT molecular complexity index is 662. The molecule has 4 N–H and O–H groups in total. The third-order valence-corrected chi connectivity index (χ3v) is 4.64. The number of anilines is 4. The molecule has 8 heteroatoms. The van der Waals surface area contributed by atoms with Gasteiger partial charge in [-0.25, -0.2) is 9.97 Å². The molecule has 0 aromatic carbocycles. The van der Waals surface area contributed by atoms with Gasteiger partial charge >= 0.3 is 0 Å². The summed E-state index contributed by atoms with van der Waals surface area (Å²) in [7, 11) is 1.57. The zero-order chi connectivity index (χ0) is 16.1. The molecule has 2 aromatic rings. The Morgan fingerprint density at radius 3 is 2.91 bits per heavy atom. The average Bonchev–Trinajstić information content (AvgIpc) is 2.59. The Morgan fingerprint density at radius 1 is 1.30 bits per heavy atom. The quantitative estimate of drug-likeness (QED) is 0.768. The zero-order valence-electron chi connectivity index (χ0n) is 13.0. The first kappa shape index (κ1) is 15.7. The number of hydrogen-bond acceptors (Lipinski definition) is 8. The van der Waals surface area contributed by atoms with Crippen LogP contribution in [-0.4, -0.2) is 39.6 Å². The molecule has 0 aliphatic carbocycles. The van der Waals surface area contributed by atoms with Crippen molar-refractivity contribution in [3.05, 3.63) is 24.5 Å². The SMILES string of the molecule is COc1ncccc1Nc1ncc(N)c(NC2CCSCC2)n1. The summed E-state index contributed by atoms with van der Waals surface area (Å²) in [5.41, 5.74) is 7.25.